The molecular formula is C21H14ClNO4S2. The highest BCUT2D eigenvalue weighted by Gasteiger charge is 2.22. The Labute approximate surface area is 179 Å². The number of nitrogens with zero attached hydrogens (tertiary/aromatic N) is 1. The highest BCUT2D eigenvalue weighted by molar-refractivity contribution is 7.16. The first-order valence-corrected chi connectivity index (χ1v) is 10.7. The molecule has 0 unspecified atom stereocenters. The van der Waals surface area contributed by atoms with Gasteiger partial charge in [-0.1, -0.05) is 17.7 Å². The van der Waals surface area contributed by atoms with Crippen LogP contribution in [0, 0.1) is 0 Å². The number of carboxylic acids is 1. The minimum atomic E-state index is -1.08. The van der Waals surface area contributed by atoms with E-state index < -0.39 is 5.97 Å². The predicted octanol–water partition coefficient (Wildman–Crippen LogP) is 5.81. The van der Waals surface area contributed by atoms with E-state index in [2.05, 4.69) is 4.98 Å². The molecule has 0 aliphatic rings. The number of methoxy groups -OCH3 is 1. The largest absolute Gasteiger partial charge is 0.495 e. The van der Waals surface area contributed by atoms with Gasteiger partial charge in [-0.3, -0.25) is 4.79 Å². The lowest BCUT2D eigenvalue weighted by Gasteiger charge is -2.07. The van der Waals surface area contributed by atoms with Gasteiger partial charge in [0.25, 0.3) is 0 Å². The van der Waals surface area contributed by atoms with Crippen LogP contribution in [-0.4, -0.2) is 29.0 Å². The van der Waals surface area contributed by atoms with Crippen molar-refractivity contribution >= 4 is 56.2 Å². The van der Waals surface area contributed by atoms with Gasteiger partial charge in [0.15, 0.2) is 5.78 Å². The first-order chi connectivity index (χ1) is 14.0. The molecule has 0 bridgehead atoms. The second kappa shape index (κ2) is 7.94. The molecule has 0 radical (unpaired) electrons. The summed E-state index contributed by atoms with van der Waals surface area (Å²) in [6.07, 6.45) is -0.00149. The number of carbonyl (C=O) groups is 2. The lowest BCUT2D eigenvalue weighted by Crippen LogP contribution is -2.08. The van der Waals surface area contributed by atoms with E-state index in [4.69, 9.17) is 16.3 Å². The van der Waals surface area contributed by atoms with Crippen molar-refractivity contribution in [3.8, 4) is 16.2 Å². The molecule has 2 aromatic heterocycles. The summed E-state index contributed by atoms with van der Waals surface area (Å²) in [6, 6.07) is 10.5. The Morgan fingerprint density at radius 1 is 1.17 bits per heavy atom. The van der Waals surface area contributed by atoms with E-state index in [1.54, 1.807) is 41.2 Å². The van der Waals surface area contributed by atoms with Crippen molar-refractivity contribution in [2.45, 2.75) is 6.42 Å². The number of aromatic carboxylic acids is 1. The maximum absolute atomic E-state index is 12.8. The number of Topliss-reactive ketones (excluding diaryl/α,β-unsaturated/α-hetero) is 1. The molecule has 0 spiro atoms. The van der Waals surface area contributed by atoms with Gasteiger partial charge >= 0.3 is 5.97 Å². The topological polar surface area (TPSA) is 76.5 Å². The Kier molecular flexibility index (Phi) is 5.36. The summed E-state index contributed by atoms with van der Waals surface area (Å²) >= 11 is 8.86. The first-order valence-electron chi connectivity index (χ1n) is 8.52. The van der Waals surface area contributed by atoms with Crippen LogP contribution in [0.1, 0.15) is 26.3 Å². The quantitative estimate of drug-likeness (QED) is 0.380. The Balaban J connectivity index is 1.69. The van der Waals surface area contributed by atoms with Crippen molar-refractivity contribution in [1.82, 2.24) is 4.98 Å². The lowest BCUT2D eigenvalue weighted by molar-refractivity contribution is 0.0697. The average molecular weight is 444 g/mol. The molecule has 146 valence electrons. The number of fused-ring (bicyclic) bond motifs is 1. The zero-order valence-corrected chi connectivity index (χ0v) is 17.5. The predicted molar refractivity (Wildman–Crippen MR) is 116 cm³/mol. The molecule has 0 atom stereocenters. The first kappa shape index (κ1) is 19.6. The zero-order valence-electron chi connectivity index (χ0n) is 15.1. The van der Waals surface area contributed by atoms with Gasteiger partial charge in [0.1, 0.15) is 5.75 Å². The van der Waals surface area contributed by atoms with E-state index in [0.29, 0.717) is 32.3 Å². The second-order valence-corrected chi connectivity index (χ2v) is 8.43. The average Bonchev–Trinajstić information content (AvgIpc) is 3.34. The Morgan fingerprint density at radius 3 is 2.76 bits per heavy atom. The van der Waals surface area contributed by atoms with E-state index in [-0.39, 0.29) is 17.8 Å². The summed E-state index contributed by atoms with van der Waals surface area (Å²) in [6.45, 7) is 0. The van der Waals surface area contributed by atoms with E-state index in [0.717, 1.165) is 10.2 Å². The molecule has 2 aromatic carbocycles. The fraction of sp³-hybridized carbons (Fsp3) is 0.0952. The molecule has 0 fully saturated rings. The van der Waals surface area contributed by atoms with Crippen molar-refractivity contribution in [2.75, 3.05) is 7.11 Å². The van der Waals surface area contributed by atoms with E-state index >= 15 is 0 Å². The summed E-state index contributed by atoms with van der Waals surface area (Å²) in [4.78, 5) is 29.6. The van der Waals surface area contributed by atoms with Crippen LogP contribution in [-0.2, 0) is 6.42 Å². The molecule has 1 N–H and O–H groups in total. The maximum Gasteiger partial charge on any atom is 0.337 e. The highest BCUT2D eigenvalue weighted by atomic mass is 35.5. The SMILES string of the molecule is COc1cc(-c2scc(CC(=O)c3ccc4scnc4c3)c2C(=O)O)ccc1Cl. The molecule has 0 amide bonds. The number of ether oxygens (including phenoxy) is 1. The Bertz CT molecular complexity index is 1240. The van der Waals surface area contributed by atoms with Crippen molar-refractivity contribution < 1.29 is 19.4 Å². The number of ketones is 1. The minimum Gasteiger partial charge on any atom is -0.495 e. The van der Waals surface area contributed by atoms with Crippen LogP contribution >= 0.6 is 34.3 Å². The van der Waals surface area contributed by atoms with Crippen molar-refractivity contribution in [3.63, 3.8) is 0 Å². The smallest absolute Gasteiger partial charge is 0.337 e. The third-order valence-corrected chi connectivity index (χ3v) is 6.70. The zero-order chi connectivity index (χ0) is 20.5. The number of halogens is 1. The fourth-order valence-electron chi connectivity index (χ4n) is 3.08. The number of benzene rings is 2. The van der Waals surface area contributed by atoms with Gasteiger partial charge in [0, 0.05) is 16.9 Å². The molecule has 2 heterocycles. The van der Waals surface area contributed by atoms with Gasteiger partial charge in [0.05, 0.1) is 33.4 Å². The molecule has 5 nitrogen and oxygen atoms in total. The summed E-state index contributed by atoms with van der Waals surface area (Å²) < 4.78 is 6.23. The summed E-state index contributed by atoms with van der Waals surface area (Å²) in [5, 5.41) is 12.0. The molecule has 4 rings (SSSR count). The molecule has 8 heteroatoms. The summed E-state index contributed by atoms with van der Waals surface area (Å²) in [5.74, 6) is -0.767. The Hall–Kier alpha value is -2.74. The molecule has 0 aliphatic carbocycles. The van der Waals surface area contributed by atoms with Crippen LogP contribution in [0.3, 0.4) is 0 Å². The maximum atomic E-state index is 12.8. The number of rotatable bonds is 6. The number of carbonyl (C=O) groups excluding carboxylic acids is 1. The van der Waals surface area contributed by atoms with Crippen LogP contribution in [0.4, 0.5) is 0 Å². The minimum absolute atomic E-state index is 0.00149. The Morgan fingerprint density at radius 2 is 2.00 bits per heavy atom. The third kappa shape index (κ3) is 3.76. The summed E-state index contributed by atoms with van der Waals surface area (Å²) in [5.41, 5.74) is 4.29. The van der Waals surface area contributed by atoms with Gasteiger partial charge in [-0.2, -0.15) is 0 Å². The normalized spacial score (nSPS) is 11.0. The van der Waals surface area contributed by atoms with Gasteiger partial charge in [-0.15, -0.1) is 22.7 Å². The van der Waals surface area contributed by atoms with Crippen LogP contribution in [0.5, 0.6) is 5.75 Å². The van der Waals surface area contributed by atoms with Gasteiger partial charge < -0.3 is 9.84 Å². The molecule has 4 aromatic rings. The third-order valence-electron chi connectivity index (χ3n) is 4.50. The number of thiazole rings is 1. The number of carboxylic acid groups (broad SMARTS) is 1. The standard InChI is InChI=1S/C21H14ClNO4S2/c1-27-17-8-12(2-4-14(17)22)20-19(21(25)26)13(9-28-20)7-16(24)11-3-5-18-15(6-11)23-10-29-18/h2-6,8-10H,7H2,1H3,(H,25,26). The van der Waals surface area contributed by atoms with Gasteiger partial charge in [-0.25, -0.2) is 9.78 Å². The lowest BCUT2D eigenvalue weighted by atomic mass is 9.99. The molecule has 0 aliphatic heterocycles. The van der Waals surface area contributed by atoms with E-state index in [1.165, 1.54) is 29.8 Å². The fourth-order valence-corrected chi connectivity index (χ4v) is 4.99. The number of hydrogen-bond acceptors (Lipinski definition) is 6. The highest BCUT2D eigenvalue weighted by Crippen LogP contribution is 2.37. The molecule has 0 saturated heterocycles. The van der Waals surface area contributed by atoms with Crippen LogP contribution in [0.2, 0.25) is 5.02 Å². The van der Waals surface area contributed by atoms with Crippen LogP contribution in [0.25, 0.3) is 20.7 Å². The number of aromatic nitrogens is 1. The van der Waals surface area contributed by atoms with Crippen molar-refractivity contribution in [1.29, 1.82) is 0 Å². The monoisotopic (exact) mass is 443 g/mol. The van der Waals surface area contributed by atoms with Crippen molar-refractivity contribution in [3.05, 3.63) is 69.0 Å². The molecule has 0 saturated carbocycles. The molecule has 29 heavy (non-hydrogen) atoms. The van der Waals surface area contributed by atoms with E-state index in [1.807, 2.05) is 6.07 Å². The van der Waals surface area contributed by atoms with Crippen LogP contribution < -0.4 is 4.74 Å². The van der Waals surface area contributed by atoms with E-state index in [9.17, 15) is 14.7 Å². The molecular weight excluding hydrogens is 430 g/mol. The van der Waals surface area contributed by atoms with Crippen LogP contribution in [0.15, 0.2) is 47.3 Å². The van der Waals surface area contributed by atoms with Gasteiger partial charge in [0.2, 0.25) is 0 Å². The van der Waals surface area contributed by atoms with Crippen molar-refractivity contribution in [2.24, 2.45) is 0 Å². The van der Waals surface area contributed by atoms with Gasteiger partial charge in [-0.05, 0) is 46.8 Å². The summed E-state index contributed by atoms with van der Waals surface area (Å²) in [7, 11) is 1.50. The number of hydrogen-bond donors (Lipinski definition) is 1. The second-order valence-electron chi connectivity index (χ2n) is 6.25. The number of thiophene rings is 1.